The zero-order valence-corrected chi connectivity index (χ0v) is 20.1. The number of nitrogens with zero attached hydrogens (tertiary/aromatic N) is 2. The van der Waals surface area contributed by atoms with Crippen LogP contribution in [0.3, 0.4) is 0 Å². The van der Waals surface area contributed by atoms with E-state index in [0.29, 0.717) is 31.6 Å². The summed E-state index contributed by atoms with van der Waals surface area (Å²) in [7, 11) is -1.72. The molecule has 1 aliphatic rings. The number of fused-ring (bicyclic) bond motifs is 1. The van der Waals surface area contributed by atoms with Crippen LogP contribution in [0.15, 0.2) is 51.7 Å². The maximum atomic E-state index is 12.8. The van der Waals surface area contributed by atoms with Gasteiger partial charge in [0, 0.05) is 36.2 Å². The largest absolute Gasteiger partial charge is 0.326 e. The third kappa shape index (κ3) is 4.92. The van der Waals surface area contributed by atoms with Gasteiger partial charge >= 0.3 is 4.87 Å². The molecule has 31 heavy (non-hydrogen) atoms. The molecule has 0 aliphatic carbocycles. The molecule has 4 rings (SSSR count). The van der Waals surface area contributed by atoms with Crippen molar-refractivity contribution in [3.63, 3.8) is 0 Å². The summed E-state index contributed by atoms with van der Waals surface area (Å²) < 4.78 is 30.3. The Hall–Kier alpha value is -2.01. The number of sulfonamides is 1. The molecular weight excluding hydrogens is 502 g/mol. The number of carbonyl (C=O) groups is 1. The molecule has 1 saturated heterocycles. The number of rotatable bonds is 5. The van der Waals surface area contributed by atoms with Crippen LogP contribution in [0.5, 0.6) is 0 Å². The summed E-state index contributed by atoms with van der Waals surface area (Å²) in [6.45, 7) is 0.654. The number of nitrogens with one attached hydrogen (secondary N) is 1. The highest BCUT2D eigenvalue weighted by Crippen LogP contribution is 2.25. The predicted octanol–water partition coefficient (Wildman–Crippen LogP) is 3.54. The molecule has 1 aliphatic heterocycles. The minimum absolute atomic E-state index is 0.0464. The zero-order chi connectivity index (χ0) is 22.2. The first-order valence-corrected chi connectivity index (χ1v) is 13.1. The second kappa shape index (κ2) is 8.85. The highest BCUT2D eigenvalue weighted by atomic mass is 79.9. The quantitative estimate of drug-likeness (QED) is 0.553. The lowest BCUT2D eigenvalue weighted by Crippen LogP contribution is -2.41. The zero-order valence-electron chi connectivity index (χ0n) is 16.9. The number of anilines is 1. The molecule has 1 aromatic heterocycles. The van der Waals surface area contributed by atoms with Gasteiger partial charge in [0.15, 0.2) is 0 Å². The molecule has 0 saturated carbocycles. The van der Waals surface area contributed by atoms with Crippen LogP contribution in [0.4, 0.5) is 5.69 Å². The summed E-state index contributed by atoms with van der Waals surface area (Å²) in [5, 5.41) is 2.92. The van der Waals surface area contributed by atoms with Gasteiger partial charge in [-0.05, 0) is 48.7 Å². The molecule has 1 N–H and O–H groups in total. The fourth-order valence-electron chi connectivity index (χ4n) is 3.78. The molecule has 1 amide bonds. The van der Waals surface area contributed by atoms with E-state index in [0.717, 1.165) is 31.6 Å². The van der Waals surface area contributed by atoms with E-state index in [2.05, 4.69) is 21.2 Å². The van der Waals surface area contributed by atoms with E-state index in [1.54, 1.807) is 35.9 Å². The summed E-state index contributed by atoms with van der Waals surface area (Å²) in [5.74, 6) is -0.419. The maximum Gasteiger partial charge on any atom is 0.307 e. The van der Waals surface area contributed by atoms with Gasteiger partial charge < -0.3 is 9.88 Å². The topological polar surface area (TPSA) is 88.5 Å². The van der Waals surface area contributed by atoms with Crippen molar-refractivity contribution in [2.45, 2.75) is 18.6 Å². The van der Waals surface area contributed by atoms with E-state index in [1.165, 1.54) is 4.31 Å². The fourth-order valence-corrected chi connectivity index (χ4v) is 6.70. The first-order valence-electron chi connectivity index (χ1n) is 9.86. The van der Waals surface area contributed by atoms with Crippen molar-refractivity contribution in [3.05, 3.63) is 62.2 Å². The predicted molar refractivity (Wildman–Crippen MR) is 127 cm³/mol. The Balaban J connectivity index is 1.37. The summed E-state index contributed by atoms with van der Waals surface area (Å²) >= 11 is 4.51. The number of benzene rings is 2. The van der Waals surface area contributed by atoms with Crippen LogP contribution < -0.4 is 10.2 Å². The number of amides is 1. The molecule has 2 heterocycles. The average Bonchev–Trinajstić information content (AvgIpc) is 3.01. The molecule has 0 unspecified atom stereocenters. The van der Waals surface area contributed by atoms with Gasteiger partial charge in [0.2, 0.25) is 15.9 Å². The molecule has 164 valence electrons. The molecule has 3 aromatic rings. The fraction of sp³-hybridized carbons (Fsp3) is 0.333. The maximum absolute atomic E-state index is 12.8. The lowest BCUT2D eigenvalue weighted by Gasteiger charge is -2.30. The number of hydrogen-bond donors (Lipinski definition) is 1. The molecule has 7 nitrogen and oxygen atoms in total. The molecule has 10 heteroatoms. The Bertz CT molecular complexity index is 1290. The van der Waals surface area contributed by atoms with Gasteiger partial charge in [0.1, 0.15) is 0 Å². The first-order chi connectivity index (χ1) is 14.7. The van der Waals surface area contributed by atoms with Crippen LogP contribution in [0.1, 0.15) is 18.4 Å². The number of aryl methyl sites for hydroxylation is 1. The van der Waals surface area contributed by atoms with Crippen LogP contribution in [0, 0.1) is 5.92 Å². The average molecular weight is 524 g/mol. The summed E-state index contributed by atoms with van der Waals surface area (Å²) in [4.78, 5) is 24.5. The molecule has 1 fully saturated rings. The Labute approximate surface area is 192 Å². The van der Waals surface area contributed by atoms with E-state index < -0.39 is 10.0 Å². The van der Waals surface area contributed by atoms with Crippen molar-refractivity contribution < 1.29 is 13.2 Å². The van der Waals surface area contributed by atoms with Crippen molar-refractivity contribution in [2.75, 3.05) is 18.4 Å². The molecule has 0 spiro atoms. The highest BCUT2D eigenvalue weighted by molar-refractivity contribution is 9.10. The van der Waals surface area contributed by atoms with Crippen LogP contribution in [-0.4, -0.2) is 36.3 Å². The molecular formula is C21H22BrN3O4S2. The van der Waals surface area contributed by atoms with Gasteiger partial charge in [0.25, 0.3) is 0 Å². The normalized spacial score (nSPS) is 15.9. The van der Waals surface area contributed by atoms with E-state index in [1.807, 2.05) is 18.2 Å². The molecule has 2 aromatic carbocycles. The number of aromatic nitrogens is 1. The van der Waals surface area contributed by atoms with Crippen molar-refractivity contribution in [3.8, 4) is 0 Å². The number of carbonyl (C=O) groups excluding carboxylic acids is 1. The number of piperidine rings is 1. The lowest BCUT2D eigenvalue weighted by atomic mass is 9.97. The second-order valence-corrected chi connectivity index (χ2v) is 11.5. The van der Waals surface area contributed by atoms with Gasteiger partial charge in [-0.2, -0.15) is 0 Å². The Morgan fingerprint density at radius 2 is 1.94 bits per heavy atom. The standard InChI is InChI=1S/C21H22BrN3O4S2/c1-24-18-6-5-17(12-19(18)30-21(24)27)23-20(26)15-7-9-25(10-8-15)31(28,29)13-14-3-2-4-16(22)11-14/h2-6,11-12,15H,7-10,13H2,1H3,(H,23,26). The molecule has 0 radical (unpaired) electrons. The number of halogens is 1. The van der Waals surface area contributed by atoms with Crippen LogP contribution in [0.25, 0.3) is 10.2 Å². The van der Waals surface area contributed by atoms with Gasteiger partial charge in [-0.25, -0.2) is 12.7 Å². The van der Waals surface area contributed by atoms with Crippen molar-refractivity contribution in [2.24, 2.45) is 13.0 Å². The SMILES string of the molecule is Cn1c(=O)sc2cc(NC(=O)C3CCN(S(=O)(=O)Cc4cccc(Br)c4)CC3)ccc21. The van der Waals surface area contributed by atoms with Gasteiger partial charge in [0.05, 0.1) is 16.0 Å². The van der Waals surface area contributed by atoms with Crippen molar-refractivity contribution >= 4 is 59.1 Å². The monoisotopic (exact) mass is 523 g/mol. The molecule has 0 atom stereocenters. The van der Waals surface area contributed by atoms with Gasteiger partial charge in [-0.15, -0.1) is 0 Å². The Morgan fingerprint density at radius 3 is 2.65 bits per heavy atom. The highest BCUT2D eigenvalue weighted by Gasteiger charge is 2.31. The third-order valence-corrected chi connectivity index (χ3v) is 8.85. The first kappa shape index (κ1) is 22.2. The molecule has 0 bridgehead atoms. The summed E-state index contributed by atoms with van der Waals surface area (Å²) in [5.41, 5.74) is 2.20. The number of hydrogen-bond acceptors (Lipinski definition) is 5. The van der Waals surface area contributed by atoms with Gasteiger partial charge in [-0.1, -0.05) is 39.4 Å². The number of thiazole rings is 1. The summed E-state index contributed by atoms with van der Waals surface area (Å²) in [6, 6.07) is 12.7. The van der Waals surface area contributed by atoms with Crippen LogP contribution >= 0.6 is 27.3 Å². The lowest BCUT2D eigenvalue weighted by molar-refractivity contribution is -0.120. The second-order valence-electron chi connectivity index (χ2n) is 7.66. The minimum Gasteiger partial charge on any atom is -0.326 e. The Kier molecular flexibility index (Phi) is 6.34. The van der Waals surface area contributed by atoms with E-state index >= 15 is 0 Å². The smallest absolute Gasteiger partial charge is 0.307 e. The van der Waals surface area contributed by atoms with Gasteiger partial charge in [-0.3, -0.25) is 9.59 Å². The van der Waals surface area contributed by atoms with Crippen molar-refractivity contribution in [1.29, 1.82) is 0 Å². The summed E-state index contributed by atoms with van der Waals surface area (Å²) in [6.07, 6.45) is 0.953. The van der Waals surface area contributed by atoms with E-state index in [9.17, 15) is 18.0 Å². The van der Waals surface area contributed by atoms with E-state index in [4.69, 9.17) is 0 Å². The third-order valence-electron chi connectivity index (χ3n) is 5.52. The van der Waals surface area contributed by atoms with E-state index in [-0.39, 0.29) is 22.5 Å². The van der Waals surface area contributed by atoms with Crippen molar-refractivity contribution in [1.82, 2.24) is 8.87 Å². The van der Waals surface area contributed by atoms with Crippen LogP contribution in [-0.2, 0) is 27.6 Å². The minimum atomic E-state index is -3.44. The Morgan fingerprint density at radius 1 is 1.19 bits per heavy atom. The van der Waals surface area contributed by atoms with Crippen LogP contribution in [0.2, 0.25) is 0 Å².